The van der Waals surface area contributed by atoms with Crippen LogP contribution < -0.4 is 14.8 Å². The Balaban J connectivity index is 1.46. The number of aromatic nitrogens is 1. The Hall–Kier alpha value is -4.20. The van der Waals surface area contributed by atoms with Crippen LogP contribution >= 0.6 is 0 Å². The molecular weight excluding hydrogens is 432 g/mol. The molecule has 0 unspecified atom stereocenters. The maximum Gasteiger partial charge on any atom is 0.255 e. The van der Waals surface area contributed by atoms with Crippen LogP contribution in [0.3, 0.4) is 0 Å². The zero-order valence-corrected chi connectivity index (χ0v) is 19.2. The first-order chi connectivity index (χ1) is 16.6. The highest BCUT2D eigenvalue weighted by molar-refractivity contribution is 6.05. The number of pyridine rings is 1. The molecule has 1 aliphatic rings. The van der Waals surface area contributed by atoms with Crippen molar-refractivity contribution in [2.75, 3.05) is 19.0 Å². The van der Waals surface area contributed by atoms with Gasteiger partial charge in [-0.25, -0.2) is 5.01 Å². The van der Waals surface area contributed by atoms with E-state index in [2.05, 4.69) is 15.4 Å². The first-order valence-electron chi connectivity index (χ1n) is 11.1. The van der Waals surface area contributed by atoms with E-state index in [1.54, 1.807) is 31.6 Å². The fraction of sp³-hybridized carbons (Fsp3) is 0.231. The van der Waals surface area contributed by atoms with Crippen molar-refractivity contribution in [3.05, 3.63) is 83.7 Å². The summed E-state index contributed by atoms with van der Waals surface area (Å²) in [5.41, 5.74) is 3.83. The molecule has 2 amide bonds. The van der Waals surface area contributed by atoms with Gasteiger partial charge in [0.25, 0.3) is 5.91 Å². The summed E-state index contributed by atoms with van der Waals surface area (Å²) in [4.78, 5) is 28.8. The van der Waals surface area contributed by atoms with E-state index >= 15 is 0 Å². The van der Waals surface area contributed by atoms with Crippen LogP contribution in [0.5, 0.6) is 11.5 Å². The maximum absolute atomic E-state index is 12.5. The molecule has 0 fully saturated rings. The van der Waals surface area contributed by atoms with E-state index in [0.29, 0.717) is 48.7 Å². The van der Waals surface area contributed by atoms with Gasteiger partial charge in [0.2, 0.25) is 5.91 Å². The van der Waals surface area contributed by atoms with E-state index in [9.17, 15) is 9.59 Å². The number of rotatable bonds is 8. The highest BCUT2D eigenvalue weighted by Crippen LogP contribution is 2.30. The molecule has 1 N–H and O–H groups in total. The van der Waals surface area contributed by atoms with E-state index in [1.807, 2.05) is 49.4 Å². The highest BCUT2D eigenvalue weighted by Gasteiger charge is 2.22. The third kappa shape index (κ3) is 5.40. The van der Waals surface area contributed by atoms with Gasteiger partial charge in [-0.2, -0.15) is 5.10 Å². The van der Waals surface area contributed by atoms with Gasteiger partial charge in [-0.05, 0) is 55.0 Å². The van der Waals surface area contributed by atoms with Crippen LogP contribution in [-0.2, 0) is 11.3 Å². The molecule has 8 nitrogen and oxygen atoms in total. The number of ether oxygens (including phenoxy) is 2. The molecule has 1 aliphatic heterocycles. The number of hydrogen-bond acceptors (Lipinski definition) is 6. The van der Waals surface area contributed by atoms with Gasteiger partial charge in [-0.15, -0.1) is 0 Å². The number of hydrazone groups is 1. The van der Waals surface area contributed by atoms with Gasteiger partial charge in [0.1, 0.15) is 0 Å². The Kier molecular flexibility index (Phi) is 7.17. The van der Waals surface area contributed by atoms with Gasteiger partial charge in [-0.1, -0.05) is 12.1 Å². The van der Waals surface area contributed by atoms with E-state index in [1.165, 1.54) is 5.01 Å². The SMILES string of the molecule is CCOc1cc(C2=NN(Cc3ccc(NC(=O)c4ccncc4)cc3)C(=O)CC2)ccc1OC. The number of hydrogen-bond donors (Lipinski definition) is 1. The zero-order valence-electron chi connectivity index (χ0n) is 19.2. The molecule has 2 aromatic carbocycles. The lowest BCUT2D eigenvalue weighted by Gasteiger charge is -2.24. The van der Waals surface area contributed by atoms with E-state index < -0.39 is 0 Å². The third-order valence-electron chi connectivity index (χ3n) is 5.39. The molecule has 0 saturated heterocycles. The van der Waals surface area contributed by atoms with Crippen molar-refractivity contribution in [1.29, 1.82) is 0 Å². The minimum absolute atomic E-state index is 0.0302. The molecule has 0 saturated carbocycles. The third-order valence-corrected chi connectivity index (χ3v) is 5.39. The fourth-order valence-corrected chi connectivity index (χ4v) is 3.63. The predicted octanol–water partition coefficient (Wildman–Crippen LogP) is 4.27. The Labute approximate surface area is 198 Å². The Morgan fingerprint density at radius 1 is 1.03 bits per heavy atom. The van der Waals surface area contributed by atoms with Crippen LogP contribution in [0.15, 0.2) is 72.1 Å². The largest absolute Gasteiger partial charge is 0.493 e. The van der Waals surface area contributed by atoms with Crippen LogP contribution in [-0.4, -0.2) is 41.2 Å². The molecule has 0 aliphatic carbocycles. The normalized spacial score (nSPS) is 13.3. The Morgan fingerprint density at radius 3 is 2.50 bits per heavy atom. The fourth-order valence-electron chi connectivity index (χ4n) is 3.63. The van der Waals surface area contributed by atoms with Crippen molar-refractivity contribution in [3.8, 4) is 11.5 Å². The van der Waals surface area contributed by atoms with E-state index in [0.717, 1.165) is 16.8 Å². The average Bonchev–Trinajstić information content (AvgIpc) is 2.87. The number of carbonyl (C=O) groups excluding carboxylic acids is 2. The molecule has 8 heteroatoms. The summed E-state index contributed by atoms with van der Waals surface area (Å²) in [6.45, 7) is 2.78. The van der Waals surface area contributed by atoms with Crippen LogP contribution in [0.4, 0.5) is 5.69 Å². The second-order valence-electron chi connectivity index (χ2n) is 7.68. The lowest BCUT2D eigenvalue weighted by atomic mass is 10.0. The van der Waals surface area contributed by atoms with Gasteiger partial charge in [0.15, 0.2) is 11.5 Å². The molecule has 0 radical (unpaired) electrons. The Morgan fingerprint density at radius 2 is 1.79 bits per heavy atom. The molecule has 1 aromatic heterocycles. The average molecular weight is 459 g/mol. The molecule has 0 atom stereocenters. The molecule has 0 bridgehead atoms. The molecule has 0 spiro atoms. The topological polar surface area (TPSA) is 93.1 Å². The van der Waals surface area contributed by atoms with Gasteiger partial charge >= 0.3 is 0 Å². The number of amides is 2. The minimum atomic E-state index is -0.207. The summed E-state index contributed by atoms with van der Waals surface area (Å²) >= 11 is 0. The smallest absolute Gasteiger partial charge is 0.255 e. The molecule has 2 heterocycles. The summed E-state index contributed by atoms with van der Waals surface area (Å²) in [5.74, 6) is 1.07. The minimum Gasteiger partial charge on any atom is -0.493 e. The van der Waals surface area contributed by atoms with Crippen molar-refractivity contribution < 1.29 is 19.1 Å². The monoisotopic (exact) mass is 458 g/mol. The zero-order chi connectivity index (χ0) is 23.9. The lowest BCUT2D eigenvalue weighted by Crippen LogP contribution is -2.31. The summed E-state index contributed by atoms with van der Waals surface area (Å²) in [6, 6.07) is 16.4. The quantitative estimate of drug-likeness (QED) is 0.544. The second-order valence-corrected chi connectivity index (χ2v) is 7.68. The van der Waals surface area contributed by atoms with Crippen molar-refractivity contribution >= 4 is 23.2 Å². The van der Waals surface area contributed by atoms with Crippen LogP contribution in [0.25, 0.3) is 0 Å². The lowest BCUT2D eigenvalue weighted by molar-refractivity contribution is -0.132. The molecule has 4 rings (SSSR count). The first-order valence-corrected chi connectivity index (χ1v) is 11.1. The number of nitrogens with one attached hydrogen (secondary N) is 1. The number of carbonyl (C=O) groups is 2. The Bertz CT molecular complexity index is 1190. The number of nitrogens with zero attached hydrogens (tertiary/aromatic N) is 3. The van der Waals surface area contributed by atoms with Crippen LogP contribution in [0.1, 0.15) is 41.3 Å². The van der Waals surface area contributed by atoms with Crippen molar-refractivity contribution in [2.24, 2.45) is 5.10 Å². The standard InChI is InChI=1S/C26H26N4O4/c1-3-34-24-16-20(6-10-23(24)33-2)22-9-11-25(31)30(29-22)17-18-4-7-21(8-5-18)28-26(32)19-12-14-27-15-13-19/h4-8,10,12-16H,3,9,11,17H2,1-2H3,(H,28,32). The molecular formula is C26H26N4O4. The first kappa shape index (κ1) is 23.0. The van der Waals surface area contributed by atoms with E-state index in [4.69, 9.17) is 9.47 Å². The molecule has 174 valence electrons. The predicted molar refractivity (Wildman–Crippen MR) is 129 cm³/mol. The highest BCUT2D eigenvalue weighted by atomic mass is 16.5. The van der Waals surface area contributed by atoms with Gasteiger partial charge < -0.3 is 14.8 Å². The van der Waals surface area contributed by atoms with Gasteiger partial charge in [0, 0.05) is 42.0 Å². The van der Waals surface area contributed by atoms with Gasteiger partial charge in [-0.3, -0.25) is 14.6 Å². The van der Waals surface area contributed by atoms with E-state index in [-0.39, 0.29) is 11.8 Å². The number of methoxy groups -OCH3 is 1. The van der Waals surface area contributed by atoms with Crippen LogP contribution in [0, 0.1) is 0 Å². The number of anilines is 1. The molecule has 3 aromatic rings. The summed E-state index contributed by atoms with van der Waals surface area (Å²) in [7, 11) is 1.60. The summed E-state index contributed by atoms with van der Waals surface area (Å²) in [6.07, 6.45) is 4.10. The second kappa shape index (κ2) is 10.6. The molecule has 34 heavy (non-hydrogen) atoms. The van der Waals surface area contributed by atoms with Crippen LogP contribution in [0.2, 0.25) is 0 Å². The van der Waals surface area contributed by atoms with Crippen molar-refractivity contribution in [1.82, 2.24) is 9.99 Å². The summed E-state index contributed by atoms with van der Waals surface area (Å²) < 4.78 is 11.0. The van der Waals surface area contributed by atoms with Gasteiger partial charge in [0.05, 0.1) is 26.0 Å². The number of benzene rings is 2. The van der Waals surface area contributed by atoms with Crippen molar-refractivity contribution in [2.45, 2.75) is 26.3 Å². The van der Waals surface area contributed by atoms with Crippen molar-refractivity contribution in [3.63, 3.8) is 0 Å². The maximum atomic E-state index is 12.5. The summed E-state index contributed by atoms with van der Waals surface area (Å²) in [5, 5.41) is 8.97.